The van der Waals surface area contributed by atoms with E-state index in [1.54, 1.807) is 0 Å². The second kappa shape index (κ2) is 15.7. The highest BCUT2D eigenvalue weighted by Crippen LogP contribution is 2.09. The molecule has 3 heteroatoms. The van der Waals surface area contributed by atoms with E-state index in [0.29, 0.717) is 0 Å². The fraction of sp³-hybridized carbons (Fsp3) is 0.944. The Balaban J connectivity index is 3.52. The summed E-state index contributed by atoms with van der Waals surface area (Å²) >= 11 is 0. The number of amides is 2. The Labute approximate surface area is 132 Å². The molecule has 0 aliphatic heterocycles. The second-order valence-electron chi connectivity index (χ2n) is 6.21. The van der Waals surface area contributed by atoms with Crippen LogP contribution in [0.1, 0.15) is 97.3 Å². The molecule has 0 heterocycles. The van der Waals surface area contributed by atoms with E-state index in [1.807, 2.05) is 4.90 Å². The standard InChI is InChI=1S/C18H38N2O/c1-3-5-7-9-11-13-15-17-20(18(19)21)16-14-12-10-8-6-4-2/h3-17H2,1-2H3,(H2,19,21). The third-order valence-electron chi connectivity index (χ3n) is 4.12. The minimum absolute atomic E-state index is 0.241. The lowest BCUT2D eigenvalue weighted by atomic mass is 10.1. The van der Waals surface area contributed by atoms with Gasteiger partial charge in [-0.05, 0) is 12.8 Å². The number of carbonyl (C=O) groups excluding carboxylic acids is 1. The van der Waals surface area contributed by atoms with Crippen molar-refractivity contribution in [2.24, 2.45) is 5.73 Å². The number of hydrogen-bond donors (Lipinski definition) is 1. The van der Waals surface area contributed by atoms with Gasteiger partial charge in [0, 0.05) is 13.1 Å². The molecule has 3 nitrogen and oxygen atoms in total. The van der Waals surface area contributed by atoms with Gasteiger partial charge < -0.3 is 10.6 Å². The first kappa shape index (κ1) is 20.3. The van der Waals surface area contributed by atoms with E-state index in [9.17, 15) is 4.79 Å². The number of hydrogen-bond acceptors (Lipinski definition) is 1. The van der Waals surface area contributed by atoms with Gasteiger partial charge in [-0.1, -0.05) is 84.5 Å². The third-order valence-corrected chi connectivity index (χ3v) is 4.12. The van der Waals surface area contributed by atoms with E-state index in [2.05, 4.69) is 13.8 Å². The van der Waals surface area contributed by atoms with Crippen molar-refractivity contribution in [1.29, 1.82) is 0 Å². The molecule has 0 unspecified atom stereocenters. The quantitative estimate of drug-likeness (QED) is 0.400. The van der Waals surface area contributed by atoms with Gasteiger partial charge in [-0.25, -0.2) is 4.79 Å². The average Bonchev–Trinajstić information content (AvgIpc) is 2.47. The molecule has 0 fully saturated rings. The van der Waals surface area contributed by atoms with Crippen LogP contribution in [0.5, 0.6) is 0 Å². The topological polar surface area (TPSA) is 46.3 Å². The van der Waals surface area contributed by atoms with Crippen molar-refractivity contribution >= 4 is 6.03 Å². The molecule has 0 aliphatic carbocycles. The maximum Gasteiger partial charge on any atom is 0.314 e. The summed E-state index contributed by atoms with van der Waals surface area (Å²) < 4.78 is 0. The Hall–Kier alpha value is -0.730. The van der Waals surface area contributed by atoms with Crippen molar-refractivity contribution in [3.05, 3.63) is 0 Å². The van der Waals surface area contributed by atoms with Crippen molar-refractivity contribution in [2.45, 2.75) is 97.3 Å². The lowest BCUT2D eigenvalue weighted by Crippen LogP contribution is -2.37. The summed E-state index contributed by atoms with van der Waals surface area (Å²) in [7, 11) is 0. The summed E-state index contributed by atoms with van der Waals surface area (Å²) in [5.74, 6) is 0. The van der Waals surface area contributed by atoms with E-state index in [0.717, 1.165) is 25.9 Å². The van der Waals surface area contributed by atoms with Crippen LogP contribution in [0.4, 0.5) is 4.79 Å². The molecule has 0 aromatic rings. The molecule has 0 saturated heterocycles. The summed E-state index contributed by atoms with van der Waals surface area (Å²) in [5, 5.41) is 0. The van der Waals surface area contributed by atoms with E-state index in [4.69, 9.17) is 5.73 Å². The average molecular weight is 299 g/mol. The first-order valence-electron chi connectivity index (χ1n) is 9.26. The predicted molar refractivity (Wildman–Crippen MR) is 92.5 cm³/mol. The second-order valence-corrected chi connectivity index (χ2v) is 6.21. The summed E-state index contributed by atoms with van der Waals surface area (Å²) in [5.41, 5.74) is 5.47. The fourth-order valence-corrected chi connectivity index (χ4v) is 2.67. The monoisotopic (exact) mass is 298 g/mol. The van der Waals surface area contributed by atoms with Crippen molar-refractivity contribution in [3.63, 3.8) is 0 Å². The van der Waals surface area contributed by atoms with Crippen molar-refractivity contribution in [3.8, 4) is 0 Å². The van der Waals surface area contributed by atoms with E-state index >= 15 is 0 Å². The van der Waals surface area contributed by atoms with Gasteiger partial charge in [-0.15, -0.1) is 0 Å². The lowest BCUT2D eigenvalue weighted by molar-refractivity contribution is 0.205. The minimum atomic E-state index is -0.241. The summed E-state index contributed by atoms with van der Waals surface area (Å²) in [6, 6.07) is -0.241. The first-order chi connectivity index (χ1) is 10.2. The largest absolute Gasteiger partial charge is 0.351 e. The molecule has 0 rings (SSSR count). The molecule has 0 aromatic carbocycles. The zero-order valence-electron chi connectivity index (χ0n) is 14.5. The van der Waals surface area contributed by atoms with Gasteiger partial charge in [0.05, 0.1) is 0 Å². The number of rotatable bonds is 15. The number of nitrogens with two attached hydrogens (primary N) is 1. The van der Waals surface area contributed by atoms with Gasteiger partial charge in [0.25, 0.3) is 0 Å². The van der Waals surface area contributed by atoms with Crippen LogP contribution in [0, 0.1) is 0 Å². The summed E-state index contributed by atoms with van der Waals surface area (Å²) in [6.45, 7) is 6.17. The number of primary amides is 1. The Morgan fingerprint density at radius 2 is 1.00 bits per heavy atom. The van der Waals surface area contributed by atoms with Crippen LogP contribution < -0.4 is 5.73 Å². The zero-order valence-corrected chi connectivity index (χ0v) is 14.5. The van der Waals surface area contributed by atoms with Crippen LogP contribution in [0.25, 0.3) is 0 Å². The molecular formula is C18H38N2O. The molecular weight excluding hydrogens is 260 g/mol. The van der Waals surface area contributed by atoms with Crippen molar-refractivity contribution < 1.29 is 4.79 Å². The van der Waals surface area contributed by atoms with Gasteiger partial charge in [-0.3, -0.25) is 0 Å². The maximum absolute atomic E-state index is 11.4. The molecule has 0 aliphatic rings. The van der Waals surface area contributed by atoms with E-state index in [1.165, 1.54) is 70.6 Å². The smallest absolute Gasteiger partial charge is 0.314 e. The lowest BCUT2D eigenvalue weighted by Gasteiger charge is -2.20. The van der Waals surface area contributed by atoms with Crippen molar-refractivity contribution in [2.75, 3.05) is 13.1 Å². The number of nitrogens with zero attached hydrogens (tertiary/aromatic N) is 1. The highest BCUT2D eigenvalue weighted by molar-refractivity contribution is 5.71. The Kier molecular flexibility index (Phi) is 15.1. The van der Waals surface area contributed by atoms with Gasteiger partial charge >= 0.3 is 6.03 Å². The normalized spacial score (nSPS) is 10.8. The first-order valence-corrected chi connectivity index (χ1v) is 9.26. The molecule has 2 amide bonds. The minimum Gasteiger partial charge on any atom is -0.351 e. The van der Waals surface area contributed by atoms with Crippen LogP contribution >= 0.6 is 0 Å². The van der Waals surface area contributed by atoms with Gasteiger partial charge in [0.1, 0.15) is 0 Å². The maximum atomic E-state index is 11.4. The van der Waals surface area contributed by atoms with Crippen LogP contribution in [-0.2, 0) is 0 Å². The molecule has 0 aromatic heterocycles. The SMILES string of the molecule is CCCCCCCCCN(CCCCCCCC)C(N)=O. The van der Waals surface area contributed by atoms with Crippen molar-refractivity contribution in [1.82, 2.24) is 4.90 Å². The molecule has 0 atom stereocenters. The molecule has 0 spiro atoms. The number of urea groups is 1. The molecule has 0 bridgehead atoms. The van der Waals surface area contributed by atoms with Crippen LogP contribution in [0.3, 0.4) is 0 Å². The molecule has 0 radical (unpaired) electrons. The Bertz CT molecular complexity index is 231. The van der Waals surface area contributed by atoms with Crippen LogP contribution in [0.2, 0.25) is 0 Å². The Morgan fingerprint density at radius 3 is 1.33 bits per heavy atom. The van der Waals surface area contributed by atoms with E-state index in [-0.39, 0.29) is 6.03 Å². The summed E-state index contributed by atoms with van der Waals surface area (Å²) in [6.07, 6.45) is 16.5. The molecule has 126 valence electrons. The van der Waals surface area contributed by atoms with E-state index < -0.39 is 0 Å². The highest BCUT2D eigenvalue weighted by atomic mass is 16.2. The highest BCUT2D eigenvalue weighted by Gasteiger charge is 2.08. The molecule has 2 N–H and O–H groups in total. The fourth-order valence-electron chi connectivity index (χ4n) is 2.67. The Morgan fingerprint density at radius 1 is 0.667 bits per heavy atom. The molecule has 21 heavy (non-hydrogen) atoms. The van der Waals surface area contributed by atoms with Gasteiger partial charge in [-0.2, -0.15) is 0 Å². The van der Waals surface area contributed by atoms with Gasteiger partial charge in [0.15, 0.2) is 0 Å². The summed E-state index contributed by atoms with van der Waals surface area (Å²) in [4.78, 5) is 13.3. The van der Waals surface area contributed by atoms with Crippen LogP contribution in [0.15, 0.2) is 0 Å². The van der Waals surface area contributed by atoms with Gasteiger partial charge in [0.2, 0.25) is 0 Å². The predicted octanol–water partition coefficient (Wildman–Crippen LogP) is 5.48. The number of carbonyl (C=O) groups is 1. The number of unbranched alkanes of at least 4 members (excludes halogenated alkanes) is 11. The van der Waals surface area contributed by atoms with Crippen LogP contribution in [-0.4, -0.2) is 24.0 Å². The molecule has 0 saturated carbocycles. The third kappa shape index (κ3) is 14.0. The zero-order chi connectivity index (χ0) is 15.8.